The number of rotatable bonds is 4. The molecule has 96 valence electrons. The Labute approximate surface area is 106 Å². The summed E-state index contributed by atoms with van der Waals surface area (Å²) in [6.07, 6.45) is 0.141. The van der Waals surface area contributed by atoms with Crippen LogP contribution in [-0.2, 0) is 11.0 Å². The molecule has 0 radical (unpaired) electrons. The van der Waals surface area contributed by atoms with Gasteiger partial charge in [-0.15, -0.1) is 0 Å². The topological polar surface area (TPSA) is 29.5 Å². The summed E-state index contributed by atoms with van der Waals surface area (Å²) >= 11 is 0. The maximum Gasteiger partial charge on any atom is 0.171 e. The van der Waals surface area contributed by atoms with Gasteiger partial charge in [0.15, 0.2) is 9.04 Å². The zero-order valence-electron chi connectivity index (χ0n) is 11.5. The van der Waals surface area contributed by atoms with E-state index >= 15 is 0 Å². The van der Waals surface area contributed by atoms with E-state index < -0.39 is 9.04 Å². The van der Waals surface area contributed by atoms with E-state index in [1.807, 2.05) is 12.1 Å². The van der Waals surface area contributed by atoms with Crippen LogP contribution in [-0.4, -0.2) is 14.1 Å². The molecule has 17 heavy (non-hydrogen) atoms. The third-order valence-electron chi connectivity index (χ3n) is 2.66. The van der Waals surface area contributed by atoms with E-state index in [-0.39, 0.29) is 18.1 Å². The van der Waals surface area contributed by atoms with Crippen molar-refractivity contribution < 1.29 is 9.53 Å². The van der Waals surface area contributed by atoms with Crippen molar-refractivity contribution in [1.29, 1.82) is 0 Å². The van der Waals surface area contributed by atoms with Crippen LogP contribution in [0.3, 0.4) is 0 Å². The first-order valence-electron chi connectivity index (χ1n) is 6.19. The highest BCUT2D eigenvalue weighted by molar-refractivity contribution is 6.48. The molecule has 0 aliphatic heterocycles. The molecule has 0 aliphatic carbocycles. The summed E-state index contributed by atoms with van der Waals surface area (Å²) in [4.78, 5) is 0. The lowest BCUT2D eigenvalue weighted by Crippen LogP contribution is -2.25. The van der Waals surface area contributed by atoms with Crippen molar-refractivity contribution in [3.63, 3.8) is 0 Å². The first-order chi connectivity index (χ1) is 7.84. The Morgan fingerprint density at radius 1 is 1.18 bits per heavy atom. The maximum atomic E-state index is 9.05. The molecule has 0 bridgehead atoms. The van der Waals surface area contributed by atoms with Crippen LogP contribution in [0.1, 0.15) is 38.0 Å². The van der Waals surface area contributed by atoms with Crippen LogP contribution in [0.5, 0.6) is 0 Å². The van der Waals surface area contributed by atoms with E-state index in [1.54, 1.807) is 0 Å². The number of hydrogen-bond acceptors (Lipinski definition) is 2. The Hall–Kier alpha value is -0.643. The van der Waals surface area contributed by atoms with E-state index in [9.17, 15) is 0 Å². The van der Waals surface area contributed by atoms with Gasteiger partial charge in [-0.2, -0.15) is 0 Å². The number of aliphatic hydroxyl groups excluding tert-OH is 1. The van der Waals surface area contributed by atoms with Crippen molar-refractivity contribution in [2.75, 3.05) is 0 Å². The lowest BCUT2D eigenvalue weighted by atomic mass is 9.84. The third kappa shape index (κ3) is 4.26. The fourth-order valence-electron chi connectivity index (χ4n) is 1.85. The number of benzene rings is 1. The molecule has 1 aromatic rings. The standard InChI is InChI=1S/C14H24O2Si/c1-14(2,3)13(16-17(4)5)12-8-6-11(10-15)7-9-12/h6-9,13,15,17H,10H2,1-5H3. The monoisotopic (exact) mass is 252 g/mol. The van der Waals surface area contributed by atoms with Gasteiger partial charge in [0.2, 0.25) is 0 Å². The van der Waals surface area contributed by atoms with Crippen molar-refractivity contribution in [1.82, 2.24) is 0 Å². The molecule has 0 fully saturated rings. The molecule has 1 atom stereocenters. The van der Waals surface area contributed by atoms with Crippen molar-refractivity contribution >= 4 is 9.04 Å². The van der Waals surface area contributed by atoms with Crippen molar-refractivity contribution in [3.05, 3.63) is 35.4 Å². The van der Waals surface area contributed by atoms with Crippen molar-refractivity contribution in [3.8, 4) is 0 Å². The van der Waals surface area contributed by atoms with Crippen LogP contribution in [0.2, 0.25) is 13.1 Å². The molecule has 1 aromatic carbocycles. The number of aliphatic hydroxyl groups is 1. The van der Waals surface area contributed by atoms with Crippen LogP contribution in [0.25, 0.3) is 0 Å². The lowest BCUT2D eigenvalue weighted by molar-refractivity contribution is 0.0865. The SMILES string of the molecule is C[SiH](C)OC(c1ccc(CO)cc1)C(C)(C)C. The zero-order valence-corrected chi connectivity index (χ0v) is 12.7. The van der Waals surface area contributed by atoms with Crippen LogP contribution in [0, 0.1) is 5.41 Å². The van der Waals surface area contributed by atoms with Crippen molar-refractivity contribution in [2.45, 2.75) is 46.6 Å². The number of hydrogen-bond donors (Lipinski definition) is 1. The zero-order chi connectivity index (χ0) is 13.1. The van der Waals surface area contributed by atoms with Gasteiger partial charge in [0.25, 0.3) is 0 Å². The summed E-state index contributed by atoms with van der Waals surface area (Å²) in [5.74, 6) is 0. The quantitative estimate of drug-likeness (QED) is 0.833. The molecule has 2 nitrogen and oxygen atoms in total. The molecule has 0 saturated carbocycles. The molecule has 0 aliphatic rings. The third-order valence-corrected chi connectivity index (χ3v) is 3.48. The Bertz CT molecular complexity index is 338. The van der Waals surface area contributed by atoms with E-state index in [2.05, 4.69) is 46.0 Å². The highest BCUT2D eigenvalue weighted by atomic mass is 28.3. The predicted octanol–water partition coefficient (Wildman–Crippen LogP) is 3.27. The van der Waals surface area contributed by atoms with E-state index in [1.165, 1.54) is 5.56 Å². The second-order valence-electron chi connectivity index (χ2n) is 5.83. The summed E-state index contributed by atoms with van der Waals surface area (Å²) in [5.41, 5.74) is 2.25. The minimum absolute atomic E-state index is 0.0952. The van der Waals surface area contributed by atoms with Gasteiger partial charge in [-0.05, 0) is 29.6 Å². The normalized spacial score (nSPS) is 14.1. The summed E-state index contributed by atoms with van der Waals surface area (Å²) in [6.45, 7) is 11.1. The molecular weight excluding hydrogens is 228 g/mol. The molecule has 1 unspecified atom stereocenters. The first-order valence-corrected chi connectivity index (χ1v) is 8.98. The highest BCUT2D eigenvalue weighted by Crippen LogP contribution is 2.36. The van der Waals surface area contributed by atoms with Crippen LogP contribution in [0.4, 0.5) is 0 Å². The molecule has 0 spiro atoms. The molecule has 0 saturated heterocycles. The van der Waals surface area contributed by atoms with Gasteiger partial charge in [0, 0.05) is 0 Å². The van der Waals surface area contributed by atoms with Crippen LogP contribution >= 0.6 is 0 Å². The van der Waals surface area contributed by atoms with Gasteiger partial charge in [-0.3, -0.25) is 0 Å². The summed E-state index contributed by atoms with van der Waals surface area (Å²) < 4.78 is 6.15. The van der Waals surface area contributed by atoms with Gasteiger partial charge in [0.05, 0.1) is 12.7 Å². The summed E-state index contributed by atoms with van der Waals surface area (Å²) in [6, 6.07) is 8.08. The van der Waals surface area contributed by atoms with Gasteiger partial charge < -0.3 is 9.53 Å². The fourth-order valence-corrected chi connectivity index (χ4v) is 2.96. The fraction of sp³-hybridized carbons (Fsp3) is 0.571. The van der Waals surface area contributed by atoms with Crippen LogP contribution < -0.4 is 0 Å². The second kappa shape index (κ2) is 5.80. The summed E-state index contributed by atoms with van der Waals surface area (Å²) in [7, 11) is -1.07. The minimum Gasteiger partial charge on any atom is -0.413 e. The van der Waals surface area contributed by atoms with Crippen molar-refractivity contribution in [2.24, 2.45) is 5.41 Å². The van der Waals surface area contributed by atoms with E-state index in [4.69, 9.17) is 9.53 Å². The molecule has 0 amide bonds. The Morgan fingerprint density at radius 3 is 2.06 bits per heavy atom. The van der Waals surface area contributed by atoms with Gasteiger partial charge in [0.1, 0.15) is 0 Å². The summed E-state index contributed by atoms with van der Waals surface area (Å²) in [5, 5.41) is 9.05. The Balaban J connectivity index is 2.96. The van der Waals surface area contributed by atoms with E-state index in [0.29, 0.717) is 0 Å². The molecule has 1 N–H and O–H groups in total. The molecule has 1 rings (SSSR count). The van der Waals surface area contributed by atoms with Gasteiger partial charge >= 0.3 is 0 Å². The largest absolute Gasteiger partial charge is 0.413 e. The Morgan fingerprint density at radius 2 is 1.71 bits per heavy atom. The van der Waals surface area contributed by atoms with Gasteiger partial charge in [-0.1, -0.05) is 45.0 Å². The first kappa shape index (κ1) is 14.4. The highest BCUT2D eigenvalue weighted by Gasteiger charge is 2.27. The molecular formula is C14H24O2Si. The molecule has 0 heterocycles. The van der Waals surface area contributed by atoms with Gasteiger partial charge in [-0.25, -0.2) is 0 Å². The van der Waals surface area contributed by atoms with E-state index in [0.717, 1.165) is 5.56 Å². The maximum absolute atomic E-state index is 9.05. The average Bonchev–Trinajstić information content (AvgIpc) is 2.24. The lowest BCUT2D eigenvalue weighted by Gasteiger charge is -2.33. The second-order valence-corrected chi connectivity index (χ2v) is 8.20. The predicted molar refractivity (Wildman–Crippen MR) is 74.5 cm³/mol. The van der Waals surface area contributed by atoms with Crippen LogP contribution in [0.15, 0.2) is 24.3 Å². The minimum atomic E-state index is -1.07. The molecule has 3 heteroatoms. The Kier molecular flexibility index (Phi) is 4.92. The smallest absolute Gasteiger partial charge is 0.171 e. The molecule has 0 aromatic heterocycles. The average molecular weight is 252 g/mol.